The third-order valence-corrected chi connectivity index (χ3v) is 4.24. The maximum absolute atomic E-state index is 14.6. The summed E-state index contributed by atoms with van der Waals surface area (Å²) in [4.78, 5) is 1.80. The molecule has 0 fully saturated rings. The fourth-order valence-electron chi connectivity index (χ4n) is 2.64. The van der Waals surface area contributed by atoms with Gasteiger partial charge in [-0.25, -0.2) is 8.78 Å². The van der Waals surface area contributed by atoms with Crippen LogP contribution in [0.3, 0.4) is 0 Å². The summed E-state index contributed by atoms with van der Waals surface area (Å²) >= 11 is 0. The molecular formula is C21H19F2N. The Balaban J connectivity index is 1.94. The van der Waals surface area contributed by atoms with Crippen molar-refractivity contribution in [1.29, 1.82) is 0 Å². The van der Waals surface area contributed by atoms with Crippen LogP contribution in [0.4, 0.5) is 20.2 Å². The highest BCUT2D eigenvalue weighted by molar-refractivity contribution is 5.70. The SMILES string of the molecule is Cc1ccc(N(C)c2ccc(-c3ccc(C)c(F)c3)cc2F)cc1. The van der Waals surface area contributed by atoms with Crippen LogP contribution in [-0.2, 0) is 0 Å². The topological polar surface area (TPSA) is 3.24 Å². The Morgan fingerprint density at radius 1 is 0.708 bits per heavy atom. The molecule has 0 N–H and O–H groups in total. The minimum absolute atomic E-state index is 0.284. The molecule has 1 nitrogen and oxygen atoms in total. The van der Waals surface area contributed by atoms with Crippen LogP contribution in [0.15, 0.2) is 60.7 Å². The molecule has 0 aromatic heterocycles. The van der Waals surface area contributed by atoms with Crippen LogP contribution < -0.4 is 4.90 Å². The normalized spacial score (nSPS) is 10.7. The van der Waals surface area contributed by atoms with E-state index in [-0.39, 0.29) is 11.6 Å². The predicted octanol–water partition coefficient (Wildman–Crippen LogP) is 6.02. The summed E-state index contributed by atoms with van der Waals surface area (Å²) in [5.74, 6) is -0.620. The highest BCUT2D eigenvalue weighted by Crippen LogP contribution is 2.30. The maximum Gasteiger partial charge on any atom is 0.147 e. The van der Waals surface area contributed by atoms with Crippen LogP contribution in [0.1, 0.15) is 11.1 Å². The lowest BCUT2D eigenvalue weighted by Crippen LogP contribution is -2.11. The Hall–Kier alpha value is -2.68. The van der Waals surface area contributed by atoms with Crippen molar-refractivity contribution < 1.29 is 8.78 Å². The van der Waals surface area contributed by atoms with Gasteiger partial charge in [0.15, 0.2) is 0 Å². The second-order valence-electron chi connectivity index (χ2n) is 6.02. The fourth-order valence-corrected chi connectivity index (χ4v) is 2.64. The van der Waals surface area contributed by atoms with E-state index in [1.54, 1.807) is 30.0 Å². The minimum atomic E-state index is -0.337. The van der Waals surface area contributed by atoms with Crippen molar-refractivity contribution >= 4 is 11.4 Å². The molecule has 0 amide bonds. The van der Waals surface area contributed by atoms with Crippen LogP contribution in [0.2, 0.25) is 0 Å². The molecule has 3 aromatic carbocycles. The van der Waals surface area contributed by atoms with E-state index in [1.807, 2.05) is 44.3 Å². The summed E-state index contributed by atoms with van der Waals surface area (Å²) in [7, 11) is 1.83. The molecule has 0 saturated heterocycles. The van der Waals surface area contributed by atoms with Crippen molar-refractivity contribution in [3.8, 4) is 11.1 Å². The number of nitrogens with zero attached hydrogens (tertiary/aromatic N) is 1. The van der Waals surface area contributed by atoms with Gasteiger partial charge in [0.05, 0.1) is 5.69 Å². The van der Waals surface area contributed by atoms with Gasteiger partial charge < -0.3 is 4.90 Å². The molecule has 3 rings (SSSR count). The van der Waals surface area contributed by atoms with Crippen molar-refractivity contribution in [3.63, 3.8) is 0 Å². The van der Waals surface area contributed by atoms with E-state index >= 15 is 0 Å². The van der Waals surface area contributed by atoms with Gasteiger partial charge in [0.25, 0.3) is 0 Å². The molecule has 0 spiro atoms. The van der Waals surface area contributed by atoms with Gasteiger partial charge in [-0.05, 0) is 60.9 Å². The monoisotopic (exact) mass is 323 g/mol. The number of rotatable bonds is 3. The van der Waals surface area contributed by atoms with Crippen LogP contribution in [-0.4, -0.2) is 7.05 Å². The summed E-state index contributed by atoms with van der Waals surface area (Å²) in [5.41, 5.74) is 4.46. The van der Waals surface area contributed by atoms with E-state index in [4.69, 9.17) is 0 Å². The van der Waals surface area contributed by atoms with Gasteiger partial charge in [-0.1, -0.05) is 35.9 Å². The highest BCUT2D eigenvalue weighted by atomic mass is 19.1. The van der Waals surface area contributed by atoms with E-state index < -0.39 is 0 Å². The zero-order valence-electron chi connectivity index (χ0n) is 14.0. The summed E-state index contributed by atoms with van der Waals surface area (Å²) < 4.78 is 28.3. The number of halogens is 2. The molecule has 122 valence electrons. The molecule has 0 heterocycles. The molecule has 0 bridgehead atoms. The van der Waals surface area contributed by atoms with Gasteiger partial charge >= 0.3 is 0 Å². The molecule has 0 aliphatic carbocycles. The van der Waals surface area contributed by atoms with E-state index in [2.05, 4.69) is 0 Å². The van der Waals surface area contributed by atoms with Gasteiger partial charge in [-0.3, -0.25) is 0 Å². The van der Waals surface area contributed by atoms with Crippen molar-refractivity contribution in [3.05, 3.63) is 83.4 Å². The number of anilines is 2. The second kappa shape index (κ2) is 6.44. The van der Waals surface area contributed by atoms with Crippen LogP contribution in [0, 0.1) is 25.5 Å². The Kier molecular flexibility index (Phi) is 4.34. The average Bonchev–Trinajstić information content (AvgIpc) is 2.57. The molecular weight excluding hydrogens is 304 g/mol. The number of aryl methyl sites for hydroxylation is 2. The van der Waals surface area contributed by atoms with Gasteiger partial charge in [-0.15, -0.1) is 0 Å². The van der Waals surface area contributed by atoms with Gasteiger partial charge in [-0.2, -0.15) is 0 Å². The fraction of sp³-hybridized carbons (Fsp3) is 0.143. The molecule has 0 saturated carbocycles. The summed E-state index contributed by atoms with van der Waals surface area (Å²) in [6, 6.07) is 17.8. The Labute approximate surface area is 141 Å². The third kappa shape index (κ3) is 3.16. The van der Waals surface area contributed by atoms with Gasteiger partial charge in [0.2, 0.25) is 0 Å². The number of hydrogen-bond acceptors (Lipinski definition) is 1. The average molecular weight is 323 g/mol. The molecule has 0 aliphatic heterocycles. The largest absolute Gasteiger partial charge is 0.342 e. The zero-order chi connectivity index (χ0) is 17.3. The molecule has 3 heteroatoms. The van der Waals surface area contributed by atoms with E-state index in [1.165, 1.54) is 12.1 Å². The zero-order valence-corrected chi connectivity index (χ0v) is 14.0. The molecule has 0 radical (unpaired) electrons. The lowest BCUT2D eigenvalue weighted by Gasteiger charge is -2.21. The second-order valence-corrected chi connectivity index (χ2v) is 6.02. The van der Waals surface area contributed by atoms with Crippen LogP contribution >= 0.6 is 0 Å². The van der Waals surface area contributed by atoms with Crippen LogP contribution in [0.25, 0.3) is 11.1 Å². The lowest BCUT2D eigenvalue weighted by atomic mass is 10.0. The minimum Gasteiger partial charge on any atom is -0.342 e. The predicted molar refractivity (Wildman–Crippen MR) is 95.8 cm³/mol. The highest BCUT2D eigenvalue weighted by Gasteiger charge is 2.11. The molecule has 0 unspecified atom stereocenters. The van der Waals surface area contributed by atoms with Crippen molar-refractivity contribution in [1.82, 2.24) is 0 Å². The summed E-state index contributed by atoms with van der Waals surface area (Å²) in [6.45, 7) is 3.72. The van der Waals surface area contributed by atoms with Crippen molar-refractivity contribution in [2.45, 2.75) is 13.8 Å². The Bertz CT molecular complexity index is 870. The molecule has 24 heavy (non-hydrogen) atoms. The first-order valence-corrected chi connectivity index (χ1v) is 7.82. The number of benzene rings is 3. The Morgan fingerprint density at radius 3 is 1.88 bits per heavy atom. The quantitative estimate of drug-likeness (QED) is 0.570. The van der Waals surface area contributed by atoms with E-state index in [9.17, 15) is 8.78 Å². The standard InChI is InChI=1S/C21H19F2N/c1-14-4-9-18(10-5-14)24(3)21-11-8-17(13-20(21)23)16-7-6-15(2)19(22)12-16/h4-13H,1-3H3. The first kappa shape index (κ1) is 16.2. The third-order valence-electron chi connectivity index (χ3n) is 4.24. The molecule has 3 aromatic rings. The molecule has 0 atom stereocenters. The van der Waals surface area contributed by atoms with Crippen molar-refractivity contribution in [2.75, 3.05) is 11.9 Å². The first-order chi connectivity index (χ1) is 11.5. The van der Waals surface area contributed by atoms with Gasteiger partial charge in [0, 0.05) is 12.7 Å². The smallest absolute Gasteiger partial charge is 0.147 e. The maximum atomic E-state index is 14.6. The lowest BCUT2D eigenvalue weighted by molar-refractivity contribution is 0.618. The summed E-state index contributed by atoms with van der Waals surface area (Å²) in [6.07, 6.45) is 0. The number of hydrogen-bond donors (Lipinski definition) is 0. The first-order valence-electron chi connectivity index (χ1n) is 7.82. The van der Waals surface area contributed by atoms with Gasteiger partial charge in [0.1, 0.15) is 11.6 Å². The van der Waals surface area contributed by atoms with Crippen LogP contribution in [0.5, 0.6) is 0 Å². The van der Waals surface area contributed by atoms with Crippen molar-refractivity contribution in [2.24, 2.45) is 0 Å². The van der Waals surface area contributed by atoms with E-state index in [0.29, 0.717) is 22.4 Å². The van der Waals surface area contributed by atoms with E-state index in [0.717, 1.165) is 11.3 Å². The molecule has 0 aliphatic rings. The Morgan fingerprint density at radius 2 is 1.29 bits per heavy atom. The summed E-state index contributed by atoms with van der Waals surface area (Å²) in [5, 5.41) is 0.